The molecule has 0 radical (unpaired) electrons. The number of methoxy groups -OCH3 is 1. The summed E-state index contributed by atoms with van der Waals surface area (Å²) >= 11 is 1.51. The highest BCUT2D eigenvalue weighted by Crippen LogP contribution is 2.28. The second-order valence-electron chi connectivity index (χ2n) is 7.27. The number of carbonyl (C=O) groups is 2. The first kappa shape index (κ1) is 21.0. The van der Waals surface area contributed by atoms with Crippen molar-refractivity contribution in [2.45, 2.75) is 17.7 Å². The Morgan fingerprint density at radius 2 is 1.74 bits per heavy atom. The van der Waals surface area contributed by atoms with E-state index in [2.05, 4.69) is 11.4 Å². The molecular weight excluding hydrogens is 408 g/mol. The Kier molecular flexibility index (Phi) is 6.57. The lowest BCUT2D eigenvalue weighted by Gasteiger charge is -2.29. The molecule has 0 aliphatic carbocycles. The van der Waals surface area contributed by atoms with Gasteiger partial charge in [-0.2, -0.15) is 0 Å². The van der Waals surface area contributed by atoms with E-state index in [1.54, 1.807) is 31.4 Å². The number of amides is 2. The molecule has 0 atom stereocenters. The molecule has 0 aromatic heterocycles. The summed E-state index contributed by atoms with van der Waals surface area (Å²) in [5, 5.41) is 2.89. The third-order valence-electron chi connectivity index (χ3n) is 5.24. The van der Waals surface area contributed by atoms with Crippen molar-refractivity contribution >= 4 is 35.0 Å². The third-order valence-corrected chi connectivity index (χ3v) is 6.23. The van der Waals surface area contributed by atoms with E-state index in [1.165, 1.54) is 17.3 Å². The molecule has 1 aliphatic heterocycles. The molecule has 31 heavy (non-hydrogen) atoms. The zero-order valence-electron chi connectivity index (χ0n) is 17.3. The van der Waals surface area contributed by atoms with Crippen LogP contribution in [0.4, 0.5) is 11.4 Å². The Balaban J connectivity index is 1.32. The van der Waals surface area contributed by atoms with Gasteiger partial charge in [-0.1, -0.05) is 18.2 Å². The standard InChI is InChI=1S/C25H24N2O3S/c1-30-21-12-8-19(9-13-21)25(29)26-20-10-14-22(15-11-20)31-17-24(28)27-16-4-6-18-5-2-3-7-23(18)27/h2-3,5,7-15H,4,6,16-17H2,1H3,(H,26,29). The topological polar surface area (TPSA) is 58.6 Å². The molecule has 0 bridgehead atoms. The maximum atomic E-state index is 12.8. The number of nitrogens with one attached hydrogen (secondary N) is 1. The van der Waals surface area contributed by atoms with Crippen LogP contribution in [0, 0.1) is 0 Å². The molecule has 6 heteroatoms. The second kappa shape index (κ2) is 9.71. The first-order valence-electron chi connectivity index (χ1n) is 10.2. The molecule has 3 aromatic carbocycles. The molecule has 1 N–H and O–H groups in total. The lowest BCUT2D eigenvalue weighted by atomic mass is 10.0. The molecule has 5 nitrogen and oxygen atoms in total. The van der Waals surface area contributed by atoms with Crippen LogP contribution >= 0.6 is 11.8 Å². The molecule has 158 valence electrons. The van der Waals surface area contributed by atoms with Crippen LogP contribution in [0.25, 0.3) is 0 Å². The maximum Gasteiger partial charge on any atom is 0.255 e. The number of fused-ring (bicyclic) bond motifs is 1. The molecule has 4 rings (SSSR count). The monoisotopic (exact) mass is 432 g/mol. The number of carbonyl (C=O) groups excluding carboxylic acids is 2. The van der Waals surface area contributed by atoms with E-state index in [1.807, 2.05) is 47.4 Å². The van der Waals surface area contributed by atoms with Gasteiger partial charge in [-0.25, -0.2) is 0 Å². The predicted octanol–water partition coefficient (Wildman–Crippen LogP) is 5.02. The highest BCUT2D eigenvalue weighted by Gasteiger charge is 2.21. The van der Waals surface area contributed by atoms with Crippen LogP contribution in [0.1, 0.15) is 22.3 Å². The van der Waals surface area contributed by atoms with Gasteiger partial charge in [0.25, 0.3) is 5.91 Å². The SMILES string of the molecule is COc1ccc(C(=O)Nc2ccc(SCC(=O)N3CCCc4ccccc43)cc2)cc1. The van der Waals surface area contributed by atoms with Crippen molar-refractivity contribution in [1.82, 2.24) is 0 Å². The Hall–Kier alpha value is -3.25. The molecule has 2 amide bonds. The molecule has 0 spiro atoms. The summed E-state index contributed by atoms with van der Waals surface area (Å²) in [5.41, 5.74) is 3.55. The minimum Gasteiger partial charge on any atom is -0.497 e. The van der Waals surface area contributed by atoms with Gasteiger partial charge in [-0.05, 0) is 73.0 Å². The van der Waals surface area contributed by atoms with E-state index >= 15 is 0 Å². The highest BCUT2D eigenvalue weighted by molar-refractivity contribution is 8.00. The van der Waals surface area contributed by atoms with Gasteiger partial charge in [0.1, 0.15) is 5.75 Å². The van der Waals surface area contributed by atoms with Gasteiger partial charge in [0.05, 0.1) is 12.9 Å². The molecule has 0 saturated heterocycles. The highest BCUT2D eigenvalue weighted by atomic mass is 32.2. The van der Waals surface area contributed by atoms with E-state index < -0.39 is 0 Å². The first-order valence-corrected chi connectivity index (χ1v) is 11.2. The molecule has 1 aliphatic rings. The molecule has 3 aromatic rings. The summed E-state index contributed by atoms with van der Waals surface area (Å²) in [6.45, 7) is 0.771. The number of para-hydroxylation sites is 1. The minimum absolute atomic E-state index is 0.119. The average molecular weight is 433 g/mol. The van der Waals surface area contributed by atoms with Gasteiger partial charge < -0.3 is 15.0 Å². The van der Waals surface area contributed by atoms with Crippen LogP contribution in [0.5, 0.6) is 5.75 Å². The van der Waals surface area contributed by atoms with E-state index in [4.69, 9.17) is 4.74 Å². The van der Waals surface area contributed by atoms with Gasteiger partial charge in [0.2, 0.25) is 5.91 Å². The number of anilines is 2. The Morgan fingerprint density at radius 1 is 1.00 bits per heavy atom. The van der Waals surface area contributed by atoms with E-state index in [0.29, 0.717) is 22.8 Å². The number of benzene rings is 3. The van der Waals surface area contributed by atoms with E-state index in [9.17, 15) is 9.59 Å². The summed E-state index contributed by atoms with van der Waals surface area (Å²) in [6.07, 6.45) is 2.02. The lowest BCUT2D eigenvalue weighted by molar-refractivity contribution is -0.116. The van der Waals surface area contributed by atoms with Crippen LogP contribution in [0.15, 0.2) is 77.7 Å². The van der Waals surface area contributed by atoms with Gasteiger partial charge in [-0.15, -0.1) is 11.8 Å². The number of nitrogens with zero attached hydrogens (tertiary/aromatic N) is 1. The molecule has 0 unspecified atom stereocenters. The van der Waals surface area contributed by atoms with Gasteiger partial charge in [-0.3, -0.25) is 9.59 Å². The normalized spacial score (nSPS) is 12.7. The summed E-state index contributed by atoms with van der Waals surface area (Å²) in [5.74, 6) is 1.03. The smallest absolute Gasteiger partial charge is 0.255 e. The fourth-order valence-corrected chi connectivity index (χ4v) is 4.37. The summed E-state index contributed by atoms with van der Waals surface area (Å²) in [6, 6.07) is 22.6. The van der Waals surface area contributed by atoms with Crippen molar-refractivity contribution in [2.24, 2.45) is 0 Å². The average Bonchev–Trinajstić information content (AvgIpc) is 2.83. The van der Waals surface area contributed by atoms with Crippen LogP contribution in [-0.4, -0.2) is 31.2 Å². The lowest BCUT2D eigenvalue weighted by Crippen LogP contribution is -2.36. The van der Waals surface area contributed by atoms with E-state index in [0.717, 1.165) is 30.0 Å². The largest absolute Gasteiger partial charge is 0.497 e. The Labute approximate surface area is 186 Å². The number of ether oxygens (including phenoxy) is 1. The van der Waals surface area contributed by atoms with Crippen molar-refractivity contribution in [2.75, 3.05) is 29.6 Å². The number of rotatable bonds is 6. The van der Waals surface area contributed by atoms with Crippen LogP contribution in [0.3, 0.4) is 0 Å². The Morgan fingerprint density at radius 3 is 2.48 bits per heavy atom. The minimum atomic E-state index is -0.179. The zero-order chi connectivity index (χ0) is 21.6. The first-order chi connectivity index (χ1) is 15.1. The van der Waals surface area contributed by atoms with Crippen molar-refractivity contribution in [1.29, 1.82) is 0 Å². The number of hydrogen-bond acceptors (Lipinski definition) is 4. The van der Waals surface area contributed by atoms with E-state index in [-0.39, 0.29) is 11.8 Å². The summed E-state index contributed by atoms with van der Waals surface area (Å²) in [4.78, 5) is 28.1. The van der Waals surface area contributed by atoms with Crippen molar-refractivity contribution in [3.63, 3.8) is 0 Å². The second-order valence-corrected chi connectivity index (χ2v) is 8.32. The number of thioether (sulfide) groups is 1. The van der Waals surface area contributed by atoms with Gasteiger partial charge >= 0.3 is 0 Å². The third kappa shape index (κ3) is 5.09. The quantitative estimate of drug-likeness (QED) is 0.556. The van der Waals surface area contributed by atoms with Gasteiger partial charge in [0, 0.05) is 28.4 Å². The Bertz CT molecular complexity index is 1060. The fourth-order valence-electron chi connectivity index (χ4n) is 3.60. The number of aryl methyl sites for hydroxylation is 1. The van der Waals surface area contributed by atoms with Crippen molar-refractivity contribution in [3.05, 3.63) is 83.9 Å². The molecule has 0 fully saturated rings. The van der Waals surface area contributed by atoms with Crippen LogP contribution < -0.4 is 15.0 Å². The summed E-state index contributed by atoms with van der Waals surface area (Å²) in [7, 11) is 1.59. The maximum absolute atomic E-state index is 12.8. The van der Waals surface area contributed by atoms with Crippen molar-refractivity contribution in [3.8, 4) is 5.75 Å². The molecule has 0 saturated carbocycles. The fraction of sp³-hybridized carbons (Fsp3) is 0.200. The molecule has 1 heterocycles. The van der Waals surface area contributed by atoms with Crippen LogP contribution in [0.2, 0.25) is 0 Å². The number of hydrogen-bond donors (Lipinski definition) is 1. The molecular formula is C25H24N2O3S. The van der Waals surface area contributed by atoms with Crippen molar-refractivity contribution < 1.29 is 14.3 Å². The summed E-state index contributed by atoms with van der Waals surface area (Å²) < 4.78 is 5.12. The predicted molar refractivity (Wildman–Crippen MR) is 125 cm³/mol. The zero-order valence-corrected chi connectivity index (χ0v) is 18.2. The van der Waals surface area contributed by atoms with Crippen LogP contribution in [-0.2, 0) is 11.2 Å². The van der Waals surface area contributed by atoms with Gasteiger partial charge in [0.15, 0.2) is 0 Å².